The van der Waals surface area contributed by atoms with Crippen LogP contribution in [0.1, 0.15) is 25.0 Å². The highest BCUT2D eigenvalue weighted by atomic mass is 35.5. The predicted octanol–water partition coefficient (Wildman–Crippen LogP) is 4.27. The van der Waals surface area contributed by atoms with Crippen LogP contribution < -0.4 is 0 Å². The fraction of sp³-hybridized carbons (Fsp3) is 0.200. The van der Waals surface area contributed by atoms with Crippen LogP contribution in [0.3, 0.4) is 0 Å². The molecule has 0 saturated heterocycles. The maximum absolute atomic E-state index is 11.2. The van der Waals surface area contributed by atoms with Crippen LogP contribution in [-0.2, 0) is 5.41 Å². The monoisotopic (exact) mass is 353 g/mol. The van der Waals surface area contributed by atoms with Crippen LogP contribution >= 0.6 is 11.6 Å². The quantitative estimate of drug-likeness (QED) is 0.745. The Morgan fingerprint density at radius 3 is 2.40 bits per heavy atom. The van der Waals surface area contributed by atoms with E-state index in [1.54, 1.807) is 11.0 Å². The SMILES string of the molecule is CC(C)(c1ccccc1)C(O)/C(=C/c1ccc(Cl)cc1)n1cncn1. The molecule has 3 aromatic rings. The second-order valence-electron chi connectivity index (χ2n) is 6.45. The number of rotatable bonds is 5. The van der Waals surface area contributed by atoms with E-state index in [0.717, 1.165) is 11.1 Å². The van der Waals surface area contributed by atoms with Gasteiger partial charge in [-0.15, -0.1) is 0 Å². The molecule has 0 aliphatic carbocycles. The zero-order valence-electron chi connectivity index (χ0n) is 14.2. The van der Waals surface area contributed by atoms with Gasteiger partial charge in [0.15, 0.2) is 0 Å². The average molecular weight is 354 g/mol. The van der Waals surface area contributed by atoms with Gasteiger partial charge in [-0.05, 0) is 29.3 Å². The van der Waals surface area contributed by atoms with Crippen molar-refractivity contribution in [1.29, 1.82) is 0 Å². The van der Waals surface area contributed by atoms with Gasteiger partial charge in [-0.3, -0.25) is 0 Å². The van der Waals surface area contributed by atoms with Crippen LogP contribution in [-0.4, -0.2) is 26.0 Å². The number of hydrogen-bond acceptors (Lipinski definition) is 3. The molecule has 0 amide bonds. The van der Waals surface area contributed by atoms with Gasteiger partial charge in [0.05, 0.1) is 5.70 Å². The summed E-state index contributed by atoms with van der Waals surface area (Å²) in [5.74, 6) is 0. The Balaban J connectivity index is 2.04. The van der Waals surface area contributed by atoms with Gasteiger partial charge in [0.2, 0.25) is 0 Å². The summed E-state index contributed by atoms with van der Waals surface area (Å²) in [6.07, 6.45) is 4.16. The Morgan fingerprint density at radius 2 is 1.80 bits per heavy atom. The van der Waals surface area contributed by atoms with Crippen LogP contribution in [0.5, 0.6) is 0 Å². The first kappa shape index (κ1) is 17.4. The van der Waals surface area contributed by atoms with Crippen molar-refractivity contribution in [2.24, 2.45) is 0 Å². The third-order valence-electron chi connectivity index (χ3n) is 4.35. The maximum Gasteiger partial charge on any atom is 0.138 e. The number of hydrogen-bond donors (Lipinski definition) is 1. The summed E-state index contributed by atoms with van der Waals surface area (Å²) in [5, 5.41) is 16.1. The van der Waals surface area contributed by atoms with Crippen LogP contribution in [0, 0.1) is 0 Å². The Labute approximate surface area is 152 Å². The van der Waals surface area contributed by atoms with Gasteiger partial charge in [0.1, 0.15) is 18.8 Å². The van der Waals surface area contributed by atoms with Crippen molar-refractivity contribution in [2.45, 2.75) is 25.4 Å². The summed E-state index contributed by atoms with van der Waals surface area (Å²) in [6.45, 7) is 4.03. The van der Waals surface area contributed by atoms with E-state index in [-0.39, 0.29) is 0 Å². The first-order chi connectivity index (χ1) is 12.0. The highest BCUT2D eigenvalue weighted by molar-refractivity contribution is 6.30. The minimum absolute atomic E-state index is 0.508. The summed E-state index contributed by atoms with van der Waals surface area (Å²) in [4.78, 5) is 4.01. The molecule has 0 fully saturated rings. The van der Waals surface area contributed by atoms with E-state index in [9.17, 15) is 5.11 Å². The lowest BCUT2D eigenvalue weighted by molar-refractivity contribution is 0.148. The summed E-state index contributed by atoms with van der Waals surface area (Å²) in [7, 11) is 0. The van der Waals surface area contributed by atoms with Crippen LogP contribution in [0.2, 0.25) is 5.02 Å². The van der Waals surface area contributed by atoms with E-state index in [2.05, 4.69) is 10.1 Å². The molecule has 0 radical (unpaired) electrons. The topological polar surface area (TPSA) is 50.9 Å². The smallest absolute Gasteiger partial charge is 0.138 e. The van der Waals surface area contributed by atoms with Gasteiger partial charge < -0.3 is 5.11 Å². The molecular formula is C20H20ClN3O. The molecule has 0 aliphatic heterocycles. The molecule has 0 aliphatic rings. The molecule has 0 saturated carbocycles. The first-order valence-electron chi connectivity index (χ1n) is 8.04. The minimum atomic E-state index is -0.785. The lowest BCUT2D eigenvalue weighted by atomic mass is 9.78. The standard InChI is InChI=1S/C20H20ClN3O/c1-20(2,16-6-4-3-5-7-16)19(25)18(24-14-22-13-23-24)12-15-8-10-17(21)11-9-15/h3-14,19,25H,1-2H3/b18-12-. The van der Waals surface area contributed by atoms with E-state index in [0.29, 0.717) is 10.7 Å². The molecule has 1 unspecified atom stereocenters. The molecule has 1 N–H and O–H groups in total. The van der Waals surface area contributed by atoms with E-state index in [1.165, 1.54) is 6.33 Å². The molecule has 128 valence electrons. The molecule has 5 heteroatoms. The molecule has 1 aromatic heterocycles. The third-order valence-corrected chi connectivity index (χ3v) is 4.60. The highest BCUT2D eigenvalue weighted by Crippen LogP contribution is 2.33. The number of halogens is 1. The molecule has 0 bridgehead atoms. The molecule has 3 rings (SSSR count). The molecule has 0 spiro atoms. The van der Waals surface area contributed by atoms with Crippen molar-refractivity contribution in [1.82, 2.24) is 14.8 Å². The molecule has 25 heavy (non-hydrogen) atoms. The summed E-state index contributed by atoms with van der Waals surface area (Å²) < 4.78 is 1.60. The van der Waals surface area contributed by atoms with Crippen LogP contribution in [0.4, 0.5) is 0 Å². The lowest BCUT2D eigenvalue weighted by Crippen LogP contribution is -2.36. The Kier molecular flexibility index (Phi) is 5.02. The third kappa shape index (κ3) is 3.81. The van der Waals surface area contributed by atoms with Gasteiger partial charge in [0, 0.05) is 10.4 Å². The van der Waals surface area contributed by atoms with Gasteiger partial charge in [-0.1, -0.05) is 67.9 Å². The van der Waals surface area contributed by atoms with Crippen LogP contribution in [0.15, 0.2) is 67.3 Å². The van der Waals surface area contributed by atoms with Crippen molar-refractivity contribution in [3.8, 4) is 0 Å². The zero-order chi connectivity index (χ0) is 17.9. The summed E-state index contributed by atoms with van der Waals surface area (Å²) in [5.41, 5.74) is 2.11. The van der Waals surface area contributed by atoms with E-state index >= 15 is 0 Å². The maximum atomic E-state index is 11.2. The largest absolute Gasteiger partial charge is 0.386 e. The van der Waals surface area contributed by atoms with E-state index in [1.807, 2.05) is 74.5 Å². The lowest BCUT2D eigenvalue weighted by Gasteiger charge is -2.32. The van der Waals surface area contributed by atoms with Crippen LogP contribution in [0.25, 0.3) is 11.8 Å². The molecule has 2 aromatic carbocycles. The zero-order valence-corrected chi connectivity index (χ0v) is 14.9. The molecule has 4 nitrogen and oxygen atoms in total. The van der Waals surface area contributed by atoms with Crippen molar-refractivity contribution in [3.05, 3.63) is 83.4 Å². The predicted molar refractivity (Wildman–Crippen MR) is 101 cm³/mol. The Morgan fingerprint density at radius 1 is 1.12 bits per heavy atom. The fourth-order valence-corrected chi connectivity index (χ4v) is 2.86. The summed E-state index contributed by atoms with van der Waals surface area (Å²) >= 11 is 5.97. The number of benzene rings is 2. The van der Waals surface area contributed by atoms with Gasteiger partial charge in [-0.25, -0.2) is 9.67 Å². The number of nitrogens with zero attached hydrogens (tertiary/aromatic N) is 3. The number of aromatic nitrogens is 3. The highest BCUT2D eigenvalue weighted by Gasteiger charge is 2.33. The van der Waals surface area contributed by atoms with Crippen molar-refractivity contribution >= 4 is 23.4 Å². The Bertz CT molecular complexity index is 840. The minimum Gasteiger partial charge on any atom is -0.386 e. The molecule has 1 atom stereocenters. The number of aliphatic hydroxyl groups excluding tert-OH is 1. The van der Waals surface area contributed by atoms with Crippen molar-refractivity contribution < 1.29 is 5.11 Å². The Hall–Kier alpha value is -2.43. The van der Waals surface area contributed by atoms with Gasteiger partial charge >= 0.3 is 0 Å². The first-order valence-corrected chi connectivity index (χ1v) is 8.42. The van der Waals surface area contributed by atoms with Crippen molar-refractivity contribution in [2.75, 3.05) is 0 Å². The summed E-state index contributed by atoms with van der Waals surface area (Å²) in [6, 6.07) is 17.4. The van der Waals surface area contributed by atoms with E-state index in [4.69, 9.17) is 11.6 Å². The number of aliphatic hydroxyl groups is 1. The van der Waals surface area contributed by atoms with E-state index < -0.39 is 11.5 Å². The second-order valence-corrected chi connectivity index (χ2v) is 6.89. The average Bonchev–Trinajstić information content (AvgIpc) is 3.16. The fourth-order valence-electron chi connectivity index (χ4n) is 2.74. The van der Waals surface area contributed by atoms with Crippen molar-refractivity contribution in [3.63, 3.8) is 0 Å². The van der Waals surface area contributed by atoms with Gasteiger partial charge in [0.25, 0.3) is 0 Å². The second kappa shape index (κ2) is 7.21. The van der Waals surface area contributed by atoms with Gasteiger partial charge in [-0.2, -0.15) is 5.10 Å². The normalized spacial score (nSPS) is 13.7. The molecule has 1 heterocycles. The molecular weight excluding hydrogens is 334 g/mol.